The molecule has 98 valence electrons. The maximum atomic E-state index is 11.7. The van der Waals surface area contributed by atoms with Crippen molar-refractivity contribution in [3.8, 4) is 0 Å². The molecule has 18 heavy (non-hydrogen) atoms. The minimum absolute atomic E-state index is 0.00969. The molecule has 0 radical (unpaired) electrons. The van der Waals surface area contributed by atoms with E-state index in [0.717, 1.165) is 12.8 Å². The number of hydrogen-bond acceptors (Lipinski definition) is 4. The number of carbonyl (C=O) groups is 2. The molecule has 1 amide bonds. The third-order valence-corrected chi connectivity index (χ3v) is 3.35. The van der Waals surface area contributed by atoms with E-state index in [2.05, 4.69) is 10.5 Å². The van der Waals surface area contributed by atoms with E-state index in [0.29, 0.717) is 18.7 Å². The van der Waals surface area contributed by atoms with Gasteiger partial charge in [-0.05, 0) is 25.7 Å². The summed E-state index contributed by atoms with van der Waals surface area (Å²) in [6, 6.07) is 1.55. The Morgan fingerprint density at radius 1 is 1.56 bits per heavy atom. The Balaban J connectivity index is 1.88. The molecule has 1 aromatic rings. The first-order chi connectivity index (χ1) is 8.58. The molecule has 1 aliphatic rings. The third kappa shape index (κ3) is 2.69. The Kier molecular flexibility index (Phi) is 3.64. The van der Waals surface area contributed by atoms with Crippen molar-refractivity contribution in [3.63, 3.8) is 0 Å². The van der Waals surface area contributed by atoms with Crippen LogP contribution in [-0.2, 0) is 4.79 Å². The van der Waals surface area contributed by atoms with E-state index in [-0.39, 0.29) is 23.5 Å². The lowest BCUT2D eigenvalue weighted by molar-refractivity contribution is -0.142. The molecule has 6 nitrogen and oxygen atoms in total. The van der Waals surface area contributed by atoms with Crippen molar-refractivity contribution in [1.82, 2.24) is 10.5 Å². The van der Waals surface area contributed by atoms with E-state index in [4.69, 9.17) is 9.63 Å². The number of amides is 1. The summed E-state index contributed by atoms with van der Waals surface area (Å²) in [4.78, 5) is 22.7. The number of aliphatic carboxylic acids is 1. The van der Waals surface area contributed by atoms with Crippen molar-refractivity contribution in [2.75, 3.05) is 6.54 Å². The number of aromatic nitrogens is 1. The SMILES string of the molecule is Cc1cc(C(=O)NCC2CCCC2C(=O)O)on1. The van der Waals surface area contributed by atoms with Gasteiger partial charge >= 0.3 is 5.97 Å². The second kappa shape index (κ2) is 5.20. The molecular weight excluding hydrogens is 236 g/mol. The third-order valence-electron chi connectivity index (χ3n) is 3.35. The monoisotopic (exact) mass is 252 g/mol. The Morgan fingerprint density at radius 2 is 2.33 bits per heavy atom. The van der Waals surface area contributed by atoms with E-state index in [9.17, 15) is 9.59 Å². The molecule has 1 fully saturated rings. The highest BCUT2D eigenvalue weighted by Crippen LogP contribution is 2.31. The molecule has 2 unspecified atom stereocenters. The van der Waals surface area contributed by atoms with Gasteiger partial charge in [0.2, 0.25) is 5.76 Å². The van der Waals surface area contributed by atoms with Crippen LogP contribution >= 0.6 is 0 Å². The van der Waals surface area contributed by atoms with Gasteiger partial charge < -0.3 is 14.9 Å². The summed E-state index contributed by atoms with van der Waals surface area (Å²) in [6.07, 6.45) is 2.43. The normalized spacial score (nSPS) is 22.9. The number of rotatable bonds is 4. The highest BCUT2D eigenvalue weighted by atomic mass is 16.5. The zero-order valence-electron chi connectivity index (χ0n) is 10.2. The second-order valence-electron chi connectivity index (χ2n) is 4.68. The molecular formula is C12H16N2O4. The number of aryl methyl sites for hydroxylation is 1. The van der Waals surface area contributed by atoms with Gasteiger partial charge in [-0.2, -0.15) is 0 Å². The number of nitrogens with one attached hydrogen (secondary N) is 1. The minimum atomic E-state index is -0.776. The molecule has 0 saturated heterocycles. The van der Waals surface area contributed by atoms with Gasteiger partial charge in [-0.15, -0.1) is 0 Å². The predicted molar refractivity (Wildman–Crippen MR) is 62.0 cm³/mol. The first-order valence-corrected chi connectivity index (χ1v) is 6.02. The highest BCUT2D eigenvalue weighted by molar-refractivity contribution is 5.91. The smallest absolute Gasteiger partial charge is 0.306 e. The molecule has 1 saturated carbocycles. The average molecular weight is 252 g/mol. The summed E-state index contributed by atoms with van der Waals surface area (Å²) in [6.45, 7) is 2.10. The van der Waals surface area contributed by atoms with Crippen molar-refractivity contribution >= 4 is 11.9 Å². The minimum Gasteiger partial charge on any atom is -0.481 e. The molecule has 6 heteroatoms. The van der Waals surface area contributed by atoms with Crippen LogP contribution in [0, 0.1) is 18.8 Å². The molecule has 2 rings (SSSR count). The quantitative estimate of drug-likeness (QED) is 0.840. The lowest BCUT2D eigenvalue weighted by atomic mass is 9.96. The van der Waals surface area contributed by atoms with Crippen molar-refractivity contribution in [2.24, 2.45) is 11.8 Å². The van der Waals surface area contributed by atoms with Crippen molar-refractivity contribution < 1.29 is 19.2 Å². The zero-order chi connectivity index (χ0) is 13.1. The second-order valence-corrected chi connectivity index (χ2v) is 4.68. The summed E-state index contributed by atoms with van der Waals surface area (Å²) >= 11 is 0. The van der Waals surface area contributed by atoms with Gasteiger partial charge in [-0.25, -0.2) is 0 Å². The lowest BCUT2D eigenvalue weighted by Gasteiger charge is -2.15. The molecule has 1 heterocycles. The van der Waals surface area contributed by atoms with Crippen LogP contribution in [0.2, 0.25) is 0 Å². The fourth-order valence-electron chi connectivity index (χ4n) is 2.39. The van der Waals surface area contributed by atoms with Crippen LogP contribution in [0.1, 0.15) is 35.5 Å². The van der Waals surface area contributed by atoms with E-state index in [1.807, 2.05) is 0 Å². The Morgan fingerprint density at radius 3 is 2.94 bits per heavy atom. The zero-order valence-corrected chi connectivity index (χ0v) is 10.2. The molecule has 0 aromatic carbocycles. The average Bonchev–Trinajstić information content (AvgIpc) is 2.94. The van der Waals surface area contributed by atoms with Gasteiger partial charge in [-0.1, -0.05) is 11.6 Å². The van der Waals surface area contributed by atoms with Gasteiger partial charge in [0.1, 0.15) is 0 Å². The van der Waals surface area contributed by atoms with Crippen LogP contribution < -0.4 is 5.32 Å². The van der Waals surface area contributed by atoms with Gasteiger partial charge in [0, 0.05) is 12.6 Å². The van der Waals surface area contributed by atoms with Crippen LogP contribution in [0.4, 0.5) is 0 Å². The molecule has 1 aliphatic carbocycles. The highest BCUT2D eigenvalue weighted by Gasteiger charge is 2.33. The Hall–Kier alpha value is -1.85. The fourth-order valence-corrected chi connectivity index (χ4v) is 2.39. The first kappa shape index (κ1) is 12.6. The van der Waals surface area contributed by atoms with Crippen molar-refractivity contribution in [3.05, 3.63) is 17.5 Å². The number of hydrogen-bond donors (Lipinski definition) is 2. The molecule has 0 spiro atoms. The van der Waals surface area contributed by atoms with Crippen molar-refractivity contribution in [2.45, 2.75) is 26.2 Å². The van der Waals surface area contributed by atoms with E-state index in [1.54, 1.807) is 13.0 Å². The summed E-state index contributed by atoms with van der Waals surface area (Å²) < 4.78 is 4.84. The summed E-state index contributed by atoms with van der Waals surface area (Å²) in [5.41, 5.74) is 0.643. The van der Waals surface area contributed by atoms with Crippen LogP contribution in [0.15, 0.2) is 10.6 Å². The van der Waals surface area contributed by atoms with Gasteiger partial charge in [0.25, 0.3) is 5.91 Å². The Bertz CT molecular complexity index is 455. The molecule has 2 N–H and O–H groups in total. The van der Waals surface area contributed by atoms with E-state index < -0.39 is 5.97 Å². The molecule has 2 atom stereocenters. The van der Waals surface area contributed by atoms with Crippen molar-refractivity contribution in [1.29, 1.82) is 0 Å². The largest absolute Gasteiger partial charge is 0.481 e. The van der Waals surface area contributed by atoms with E-state index >= 15 is 0 Å². The number of carboxylic acids is 1. The first-order valence-electron chi connectivity index (χ1n) is 6.02. The number of nitrogens with zero attached hydrogens (tertiary/aromatic N) is 1. The molecule has 1 aromatic heterocycles. The van der Waals surface area contributed by atoms with Gasteiger partial charge in [-0.3, -0.25) is 9.59 Å². The fraction of sp³-hybridized carbons (Fsp3) is 0.583. The van der Waals surface area contributed by atoms with Gasteiger partial charge in [0.05, 0.1) is 11.6 Å². The van der Waals surface area contributed by atoms with Crippen LogP contribution in [-0.4, -0.2) is 28.7 Å². The topological polar surface area (TPSA) is 92.4 Å². The van der Waals surface area contributed by atoms with E-state index in [1.165, 1.54) is 0 Å². The molecule has 0 bridgehead atoms. The number of carbonyl (C=O) groups excluding carboxylic acids is 1. The lowest BCUT2D eigenvalue weighted by Crippen LogP contribution is -2.32. The van der Waals surface area contributed by atoms with Crippen LogP contribution in [0.5, 0.6) is 0 Å². The predicted octanol–water partition coefficient (Wildman–Crippen LogP) is 1.21. The van der Waals surface area contributed by atoms with Gasteiger partial charge in [0.15, 0.2) is 0 Å². The maximum absolute atomic E-state index is 11.7. The summed E-state index contributed by atoms with van der Waals surface area (Å²) in [5, 5.41) is 15.4. The maximum Gasteiger partial charge on any atom is 0.306 e. The number of carboxylic acid groups (broad SMARTS) is 1. The van der Waals surface area contributed by atoms with Crippen LogP contribution in [0.25, 0.3) is 0 Å². The van der Waals surface area contributed by atoms with Crippen LogP contribution in [0.3, 0.4) is 0 Å². The summed E-state index contributed by atoms with van der Waals surface area (Å²) in [5.74, 6) is -1.29. The summed E-state index contributed by atoms with van der Waals surface area (Å²) in [7, 11) is 0. The Labute approximate surface area is 104 Å². The molecule has 0 aliphatic heterocycles. The standard InChI is InChI=1S/C12H16N2O4/c1-7-5-10(18-14-7)11(15)13-6-8-3-2-4-9(8)12(16)17/h5,8-9H,2-4,6H2,1H3,(H,13,15)(H,16,17).